The zero-order valence-corrected chi connectivity index (χ0v) is 11.4. The molecule has 102 valence electrons. The third kappa shape index (κ3) is 2.55. The van der Waals surface area contributed by atoms with Gasteiger partial charge in [0, 0.05) is 16.4 Å². The lowest BCUT2D eigenvalue weighted by molar-refractivity contribution is 0.0888. The number of rotatable bonds is 2. The molecule has 2 aliphatic rings. The Morgan fingerprint density at radius 2 is 1.68 bits per heavy atom. The molecule has 0 radical (unpaired) electrons. The Labute approximate surface area is 115 Å². The molecular weight excluding hydrogens is 266 g/mol. The van der Waals surface area contributed by atoms with Crippen LogP contribution in [0.1, 0.15) is 42.5 Å². The molecule has 0 aromatic heterocycles. The highest BCUT2D eigenvalue weighted by Gasteiger charge is 2.37. The SMILES string of the molecule is O=C(c1c(F)cccc1F)C1CC2CCCC(C1)S2. The Balaban J connectivity index is 1.84. The van der Waals surface area contributed by atoms with Gasteiger partial charge in [-0.05, 0) is 37.8 Å². The molecule has 2 atom stereocenters. The van der Waals surface area contributed by atoms with Crippen LogP contribution in [0, 0.1) is 17.6 Å². The highest BCUT2D eigenvalue weighted by Crippen LogP contribution is 2.44. The van der Waals surface area contributed by atoms with E-state index in [0.717, 1.165) is 37.8 Å². The van der Waals surface area contributed by atoms with Crippen molar-refractivity contribution < 1.29 is 13.6 Å². The lowest BCUT2D eigenvalue weighted by Crippen LogP contribution is -2.33. The van der Waals surface area contributed by atoms with Gasteiger partial charge in [-0.15, -0.1) is 0 Å². The summed E-state index contributed by atoms with van der Waals surface area (Å²) < 4.78 is 27.4. The van der Waals surface area contributed by atoms with Crippen LogP contribution in [0.4, 0.5) is 8.78 Å². The number of benzene rings is 1. The van der Waals surface area contributed by atoms with E-state index < -0.39 is 11.6 Å². The first-order valence-corrected chi connectivity index (χ1v) is 7.73. The first-order chi connectivity index (χ1) is 9.15. The minimum absolute atomic E-state index is 0.206. The van der Waals surface area contributed by atoms with Crippen molar-refractivity contribution in [3.8, 4) is 0 Å². The van der Waals surface area contributed by atoms with Crippen LogP contribution in [0.15, 0.2) is 18.2 Å². The molecule has 1 aromatic carbocycles. The lowest BCUT2D eigenvalue weighted by atomic mass is 9.84. The summed E-state index contributed by atoms with van der Waals surface area (Å²) in [7, 11) is 0. The second-order valence-electron chi connectivity index (χ2n) is 5.44. The van der Waals surface area contributed by atoms with Crippen molar-refractivity contribution in [3.05, 3.63) is 35.4 Å². The Bertz CT molecular complexity index is 471. The van der Waals surface area contributed by atoms with Gasteiger partial charge in [-0.2, -0.15) is 11.8 Å². The van der Waals surface area contributed by atoms with Crippen LogP contribution in [0.3, 0.4) is 0 Å². The first kappa shape index (κ1) is 13.1. The third-order valence-electron chi connectivity index (χ3n) is 4.11. The molecule has 2 fully saturated rings. The summed E-state index contributed by atoms with van der Waals surface area (Å²) in [5, 5.41) is 0.993. The van der Waals surface area contributed by atoms with E-state index in [1.54, 1.807) is 0 Å². The second-order valence-corrected chi connectivity index (χ2v) is 7.05. The molecule has 0 saturated carbocycles. The predicted molar refractivity (Wildman–Crippen MR) is 72.4 cm³/mol. The van der Waals surface area contributed by atoms with E-state index in [9.17, 15) is 13.6 Å². The zero-order chi connectivity index (χ0) is 13.4. The fourth-order valence-corrected chi connectivity index (χ4v) is 5.05. The molecule has 2 bridgehead atoms. The van der Waals surface area contributed by atoms with Crippen LogP contribution in [-0.4, -0.2) is 16.3 Å². The lowest BCUT2D eigenvalue weighted by Gasteiger charge is -2.38. The highest BCUT2D eigenvalue weighted by atomic mass is 32.2. The molecule has 0 aliphatic carbocycles. The van der Waals surface area contributed by atoms with Gasteiger partial charge in [-0.25, -0.2) is 8.78 Å². The number of Topliss-reactive ketones (excluding diaryl/α,β-unsaturated/α-hetero) is 1. The monoisotopic (exact) mass is 282 g/mol. The number of carbonyl (C=O) groups excluding carboxylic acids is 1. The number of hydrogen-bond acceptors (Lipinski definition) is 2. The van der Waals surface area contributed by atoms with Gasteiger partial charge in [0.15, 0.2) is 5.78 Å². The topological polar surface area (TPSA) is 17.1 Å². The van der Waals surface area contributed by atoms with E-state index in [0.29, 0.717) is 10.5 Å². The Hall–Kier alpha value is -0.900. The summed E-state index contributed by atoms with van der Waals surface area (Å²) >= 11 is 1.96. The number of carbonyl (C=O) groups is 1. The summed E-state index contributed by atoms with van der Waals surface area (Å²) in [6.45, 7) is 0. The molecular formula is C15H16F2OS. The van der Waals surface area contributed by atoms with E-state index in [2.05, 4.69) is 0 Å². The molecule has 1 aromatic rings. The van der Waals surface area contributed by atoms with Gasteiger partial charge in [-0.1, -0.05) is 12.5 Å². The third-order valence-corrected chi connectivity index (χ3v) is 5.74. The molecule has 19 heavy (non-hydrogen) atoms. The van der Waals surface area contributed by atoms with E-state index in [1.165, 1.54) is 12.5 Å². The van der Waals surface area contributed by atoms with Crippen LogP contribution >= 0.6 is 11.8 Å². The van der Waals surface area contributed by atoms with Crippen molar-refractivity contribution in [2.75, 3.05) is 0 Å². The molecule has 0 spiro atoms. The van der Waals surface area contributed by atoms with Gasteiger partial charge in [-0.3, -0.25) is 4.79 Å². The number of ketones is 1. The minimum atomic E-state index is -0.728. The average Bonchev–Trinajstić information content (AvgIpc) is 2.37. The van der Waals surface area contributed by atoms with Crippen molar-refractivity contribution >= 4 is 17.5 Å². The van der Waals surface area contributed by atoms with Crippen molar-refractivity contribution in [1.29, 1.82) is 0 Å². The van der Waals surface area contributed by atoms with E-state index in [-0.39, 0.29) is 17.3 Å². The Kier molecular flexibility index (Phi) is 3.61. The maximum absolute atomic E-state index is 13.7. The predicted octanol–water partition coefficient (Wildman–Crippen LogP) is 4.21. The van der Waals surface area contributed by atoms with Crippen molar-refractivity contribution in [2.45, 2.75) is 42.6 Å². The van der Waals surface area contributed by atoms with Gasteiger partial charge in [0.1, 0.15) is 11.6 Å². The van der Waals surface area contributed by atoms with Crippen LogP contribution in [-0.2, 0) is 0 Å². The van der Waals surface area contributed by atoms with E-state index in [4.69, 9.17) is 0 Å². The Morgan fingerprint density at radius 1 is 1.11 bits per heavy atom. The summed E-state index contributed by atoms with van der Waals surface area (Å²) in [6.07, 6.45) is 5.02. The first-order valence-electron chi connectivity index (χ1n) is 6.79. The van der Waals surface area contributed by atoms with Crippen molar-refractivity contribution in [1.82, 2.24) is 0 Å². The molecule has 2 saturated heterocycles. The van der Waals surface area contributed by atoms with Crippen LogP contribution in [0.2, 0.25) is 0 Å². The quantitative estimate of drug-likeness (QED) is 0.756. The molecule has 3 rings (SSSR count). The van der Waals surface area contributed by atoms with Gasteiger partial charge >= 0.3 is 0 Å². The molecule has 0 amide bonds. The largest absolute Gasteiger partial charge is 0.294 e. The van der Waals surface area contributed by atoms with Gasteiger partial charge < -0.3 is 0 Å². The van der Waals surface area contributed by atoms with Crippen LogP contribution in [0.25, 0.3) is 0 Å². The van der Waals surface area contributed by atoms with Crippen molar-refractivity contribution in [2.24, 2.45) is 5.92 Å². The average molecular weight is 282 g/mol. The van der Waals surface area contributed by atoms with E-state index in [1.807, 2.05) is 11.8 Å². The van der Waals surface area contributed by atoms with Crippen LogP contribution < -0.4 is 0 Å². The second kappa shape index (κ2) is 5.23. The highest BCUT2D eigenvalue weighted by molar-refractivity contribution is 8.00. The van der Waals surface area contributed by atoms with Gasteiger partial charge in [0.25, 0.3) is 0 Å². The zero-order valence-electron chi connectivity index (χ0n) is 10.6. The minimum Gasteiger partial charge on any atom is -0.294 e. The molecule has 0 N–H and O–H groups in total. The smallest absolute Gasteiger partial charge is 0.171 e. The summed E-state index contributed by atoms with van der Waals surface area (Å²) in [6, 6.07) is 3.62. The number of halogens is 2. The maximum atomic E-state index is 13.7. The van der Waals surface area contributed by atoms with Gasteiger partial charge in [0.2, 0.25) is 0 Å². The maximum Gasteiger partial charge on any atom is 0.171 e. The molecule has 2 aliphatic heterocycles. The standard InChI is InChI=1S/C15H16F2OS/c16-12-5-2-6-13(17)14(12)15(18)9-7-10-3-1-4-11(8-9)19-10/h2,5-6,9-11H,1,3-4,7-8H2. The summed E-state index contributed by atoms with van der Waals surface area (Å²) in [5.41, 5.74) is -0.336. The number of thioether (sulfide) groups is 1. The van der Waals surface area contributed by atoms with Gasteiger partial charge in [0.05, 0.1) is 5.56 Å². The normalized spacial score (nSPS) is 30.1. The molecule has 2 unspecified atom stereocenters. The van der Waals surface area contributed by atoms with Crippen molar-refractivity contribution in [3.63, 3.8) is 0 Å². The molecule has 2 heterocycles. The fourth-order valence-electron chi connectivity index (χ4n) is 3.21. The molecule has 4 heteroatoms. The summed E-state index contributed by atoms with van der Waals surface area (Å²) in [4.78, 5) is 12.4. The molecule has 1 nitrogen and oxygen atoms in total. The van der Waals surface area contributed by atoms with Crippen LogP contribution in [0.5, 0.6) is 0 Å². The fraction of sp³-hybridized carbons (Fsp3) is 0.533. The Morgan fingerprint density at radius 3 is 2.26 bits per heavy atom. The van der Waals surface area contributed by atoms with E-state index >= 15 is 0 Å². The number of fused-ring (bicyclic) bond motifs is 2. The summed E-state index contributed by atoms with van der Waals surface area (Å²) in [5.74, 6) is -2.00. The number of hydrogen-bond donors (Lipinski definition) is 0.